The Labute approximate surface area is 196 Å². The van der Waals surface area contributed by atoms with Gasteiger partial charge in [0.25, 0.3) is 17.7 Å². The lowest BCUT2D eigenvalue weighted by Crippen LogP contribution is -2.53. The highest BCUT2D eigenvalue weighted by molar-refractivity contribution is 6.11. The van der Waals surface area contributed by atoms with Crippen LogP contribution in [-0.2, 0) is 19.9 Å². The molecule has 1 aromatic carbocycles. The summed E-state index contributed by atoms with van der Waals surface area (Å²) < 4.78 is 13.5. The Hall–Kier alpha value is -3.50. The van der Waals surface area contributed by atoms with Crippen LogP contribution >= 0.6 is 0 Å². The van der Waals surface area contributed by atoms with Crippen LogP contribution in [0.5, 0.6) is 0 Å². The van der Waals surface area contributed by atoms with Crippen LogP contribution in [0.4, 0.5) is 14.0 Å². The molecule has 1 unspecified atom stereocenters. The Morgan fingerprint density at radius 1 is 1.00 bits per heavy atom. The predicted octanol–water partition coefficient (Wildman–Crippen LogP) is 2.05. The van der Waals surface area contributed by atoms with Crippen LogP contribution in [0.1, 0.15) is 63.9 Å². The van der Waals surface area contributed by atoms with E-state index in [-0.39, 0.29) is 6.42 Å². The number of benzene rings is 1. The Morgan fingerprint density at radius 3 is 2.32 bits per heavy atom. The first-order chi connectivity index (χ1) is 16.2. The zero-order chi connectivity index (χ0) is 24.5. The first kappa shape index (κ1) is 23.7. The highest BCUT2D eigenvalue weighted by atomic mass is 19.1. The lowest BCUT2D eigenvalue weighted by Gasteiger charge is -2.30. The van der Waals surface area contributed by atoms with Crippen molar-refractivity contribution in [3.8, 4) is 0 Å². The molecule has 2 heterocycles. The molecular weight excluding hydrogens is 445 g/mol. The molecule has 11 heteroatoms. The number of hydrogen-bond donors (Lipinski definition) is 3. The Kier molecular flexibility index (Phi) is 6.28. The molecular formula is C23H28FN5O5. The second kappa shape index (κ2) is 9.03. The summed E-state index contributed by atoms with van der Waals surface area (Å²) in [6.45, 7) is 1.26. The van der Waals surface area contributed by atoms with E-state index in [4.69, 9.17) is 0 Å². The number of rotatable bonds is 7. The fourth-order valence-electron chi connectivity index (χ4n) is 4.98. The van der Waals surface area contributed by atoms with Gasteiger partial charge >= 0.3 is 12.1 Å². The van der Waals surface area contributed by atoms with Crippen LogP contribution in [0.15, 0.2) is 24.3 Å². The van der Waals surface area contributed by atoms with E-state index >= 15 is 0 Å². The summed E-state index contributed by atoms with van der Waals surface area (Å²) in [5, 5.41) is 5.99. The first-order valence-corrected chi connectivity index (χ1v) is 11.6. The molecule has 0 aromatic heterocycles. The molecule has 182 valence electrons. The monoisotopic (exact) mass is 473 g/mol. The van der Waals surface area contributed by atoms with Gasteiger partial charge < -0.3 is 10.6 Å². The minimum atomic E-state index is -1.42. The molecule has 0 radical (unpaired) electrons. The second-order valence-corrected chi connectivity index (χ2v) is 9.09. The zero-order valence-electron chi connectivity index (χ0n) is 19.0. The highest BCUT2D eigenvalue weighted by Crippen LogP contribution is 2.35. The average Bonchev–Trinajstić information content (AvgIpc) is 3.18. The quantitative estimate of drug-likeness (QED) is 0.522. The number of amides is 7. The van der Waals surface area contributed by atoms with Crippen LogP contribution < -0.4 is 16.1 Å². The van der Waals surface area contributed by atoms with Crippen molar-refractivity contribution in [1.82, 2.24) is 26.0 Å². The Bertz CT molecular complexity index is 1020. The molecule has 34 heavy (non-hydrogen) atoms. The van der Waals surface area contributed by atoms with E-state index in [2.05, 4.69) is 16.1 Å². The largest absolute Gasteiger partial charge is 0.344 e. The number of nitrogens with one attached hydrogen (secondary N) is 3. The molecule has 3 fully saturated rings. The minimum absolute atomic E-state index is 0.271. The molecule has 3 N–H and O–H groups in total. The van der Waals surface area contributed by atoms with Crippen molar-refractivity contribution in [2.24, 2.45) is 0 Å². The van der Waals surface area contributed by atoms with Crippen molar-refractivity contribution in [3.05, 3.63) is 35.6 Å². The molecule has 1 spiro atoms. The smallest absolute Gasteiger partial charge is 0.322 e. The third-order valence-electron chi connectivity index (χ3n) is 6.83. The van der Waals surface area contributed by atoms with E-state index in [9.17, 15) is 28.4 Å². The van der Waals surface area contributed by atoms with E-state index < -0.39 is 53.2 Å². The fourth-order valence-corrected chi connectivity index (χ4v) is 4.98. The van der Waals surface area contributed by atoms with Crippen molar-refractivity contribution in [2.75, 3.05) is 6.54 Å². The molecule has 2 saturated heterocycles. The van der Waals surface area contributed by atoms with Crippen molar-refractivity contribution >= 4 is 29.8 Å². The minimum Gasteiger partial charge on any atom is -0.322 e. The van der Waals surface area contributed by atoms with Gasteiger partial charge in [-0.2, -0.15) is 5.01 Å². The van der Waals surface area contributed by atoms with E-state index in [0.717, 1.165) is 30.6 Å². The second-order valence-electron chi connectivity index (χ2n) is 9.09. The number of unbranched alkanes of at least 4 members (excludes halogenated alkanes) is 1. The third kappa shape index (κ3) is 3.99. The summed E-state index contributed by atoms with van der Waals surface area (Å²) in [6, 6.07) is 3.77. The van der Waals surface area contributed by atoms with Crippen LogP contribution in [0.2, 0.25) is 0 Å². The van der Waals surface area contributed by atoms with Crippen molar-refractivity contribution in [1.29, 1.82) is 0 Å². The van der Waals surface area contributed by atoms with Gasteiger partial charge in [-0.3, -0.25) is 24.7 Å². The Morgan fingerprint density at radius 2 is 1.68 bits per heavy atom. The Balaban J connectivity index is 1.49. The van der Waals surface area contributed by atoms with Gasteiger partial charge in [0.15, 0.2) is 0 Å². The van der Waals surface area contributed by atoms with Gasteiger partial charge in [-0.1, -0.05) is 51.2 Å². The number of carbonyl (C=O) groups is 5. The van der Waals surface area contributed by atoms with Crippen LogP contribution in [0.3, 0.4) is 0 Å². The molecule has 4 rings (SSSR count). The first-order valence-electron chi connectivity index (χ1n) is 11.6. The van der Waals surface area contributed by atoms with E-state index in [1.807, 2.05) is 6.92 Å². The average molecular weight is 474 g/mol. The summed E-state index contributed by atoms with van der Waals surface area (Å²) in [5.41, 5.74) is 0.224. The number of carbonyl (C=O) groups excluding carboxylic acids is 5. The number of imide groups is 2. The molecule has 10 nitrogen and oxygen atoms in total. The van der Waals surface area contributed by atoms with E-state index in [1.165, 1.54) is 24.3 Å². The SMILES string of the molecule is CCCCC1(c2ccc(F)cc2)NC(=O)N(CC(=O)NN2C(=O)NC3(CCCCC3)C2=O)C1=O. The lowest BCUT2D eigenvalue weighted by atomic mass is 9.82. The summed E-state index contributed by atoms with van der Waals surface area (Å²) in [6.07, 6.45) is 5.17. The molecule has 2 aliphatic heterocycles. The van der Waals surface area contributed by atoms with Gasteiger partial charge in [0.1, 0.15) is 23.4 Å². The van der Waals surface area contributed by atoms with Crippen LogP contribution in [-0.4, -0.2) is 51.8 Å². The van der Waals surface area contributed by atoms with Crippen molar-refractivity contribution < 1.29 is 28.4 Å². The zero-order valence-corrected chi connectivity index (χ0v) is 19.0. The highest BCUT2D eigenvalue weighted by Gasteiger charge is 2.54. The topological polar surface area (TPSA) is 128 Å². The maximum Gasteiger partial charge on any atom is 0.344 e. The van der Waals surface area contributed by atoms with Crippen LogP contribution in [0, 0.1) is 5.82 Å². The summed E-state index contributed by atoms with van der Waals surface area (Å²) >= 11 is 0. The van der Waals surface area contributed by atoms with E-state index in [0.29, 0.717) is 29.8 Å². The normalized spacial score (nSPS) is 23.9. The van der Waals surface area contributed by atoms with Crippen molar-refractivity contribution in [2.45, 2.75) is 69.4 Å². The third-order valence-corrected chi connectivity index (χ3v) is 6.83. The standard InChI is InChI=1S/C23H28FN5O5/c1-2-3-13-23(15-7-9-16(24)10-8-15)19(32)28(20(33)26-23)14-17(30)27-29-18(31)22(25-21(29)34)11-5-4-6-12-22/h7-10H,2-6,11-14H2,1H3,(H,25,34)(H,26,33)(H,27,30). The van der Waals surface area contributed by atoms with Gasteiger partial charge in [-0.15, -0.1) is 0 Å². The lowest BCUT2D eigenvalue weighted by molar-refractivity contribution is -0.141. The van der Waals surface area contributed by atoms with Crippen LogP contribution in [0.25, 0.3) is 0 Å². The molecule has 0 bridgehead atoms. The number of hydrazine groups is 1. The number of nitrogens with zero attached hydrogens (tertiary/aromatic N) is 2. The maximum atomic E-state index is 13.5. The molecule has 7 amide bonds. The summed E-state index contributed by atoms with van der Waals surface area (Å²) in [4.78, 5) is 64.8. The molecule has 1 aromatic rings. The molecule has 1 atom stereocenters. The predicted molar refractivity (Wildman–Crippen MR) is 117 cm³/mol. The van der Waals surface area contributed by atoms with Crippen molar-refractivity contribution in [3.63, 3.8) is 0 Å². The number of halogens is 1. The van der Waals surface area contributed by atoms with Gasteiger partial charge in [-0.25, -0.2) is 14.0 Å². The fraction of sp³-hybridized carbons (Fsp3) is 0.522. The summed E-state index contributed by atoms with van der Waals surface area (Å²) in [7, 11) is 0. The number of urea groups is 2. The number of hydrogen-bond acceptors (Lipinski definition) is 5. The maximum absolute atomic E-state index is 13.5. The van der Waals surface area contributed by atoms with Gasteiger partial charge in [-0.05, 0) is 37.0 Å². The summed E-state index contributed by atoms with van der Waals surface area (Å²) in [5.74, 6) is -2.52. The van der Waals surface area contributed by atoms with Gasteiger partial charge in [0.2, 0.25) is 0 Å². The molecule has 1 saturated carbocycles. The molecule has 3 aliphatic rings. The van der Waals surface area contributed by atoms with Gasteiger partial charge in [0, 0.05) is 0 Å². The van der Waals surface area contributed by atoms with E-state index in [1.54, 1.807) is 0 Å². The van der Waals surface area contributed by atoms with Gasteiger partial charge in [0.05, 0.1) is 0 Å². The molecule has 1 aliphatic carbocycles.